The maximum absolute atomic E-state index is 12.0. The van der Waals surface area contributed by atoms with Gasteiger partial charge in [-0.15, -0.1) is 5.54 Å². The molecule has 36 heavy (non-hydrogen) atoms. The van der Waals surface area contributed by atoms with Crippen molar-refractivity contribution in [3.05, 3.63) is 0 Å². The molecule has 1 rings (SSSR count). The second kappa shape index (κ2) is 14.0. The molecule has 0 aromatic rings. The van der Waals surface area contributed by atoms with Crippen LogP contribution in [0.15, 0.2) is 0 Å². The van der Waals surface area contributed by atoms with Crippen LogP contribution in [-0.2, 0) is 42.9 Å². The van der Waals surface area contributed by atoms with Gasteiger partial charge >= 0.3 is 23.9 Å². The highest BCUT2D eigenvalue weighted by Gasteiger charge is 2.52. The first-order valence-corrected chi connectivity index (χ1v) is 15.2. The van der Waals surface area contributed by atoms with Crippen LogP contribution in [0.4, 0.5) is 0 Å². The molecule has 0 aliphatic carbocycles. The van der Waals surface area contributed by atoms with Crippen LogP contribution < -0.4 is 0 Å². The molecule has 0 aromatic carbocycles. The topological polar surface area (TPSA) is 114 Å². The number of carbonyl (C=O) groups is 4. The van der Waals surface area contributed by atoms with Crippen molar-refractivity contribution in [1.82, 2.24) is 0 Å². The first kappa shape index (κ1) is 32.0. The van der Waals surface area contributed by atoms with Crippen LogP contribution in [0, 0.1) is 10.8 Å². The van der Waals surface area contributed by atoms with Gasteiger partial charge in [0.25, 0.3) is 0 Å². The Balaban J connectivity index is 3.51. The Labute approximate surface area is 219 Å². The van der Waals surface area contributed by atoms with Crippen molar-refractivity contribution in [2.45, 2.75) is 116 Å². The average Bonchev–Trinajstić information content (AvgIpc) is 2.71. The number of hydrogen-bond donors (Lipinski definition) is 0. The molecule has 0 amide bonds. The van der Waals surface area contributed by atoms with Gasteiger partial charge in [0.2, 0.25) is 0 Å². The molecule has 0 aromatic heterocycles. The van der Waals surface area contributed by atoms with Gasteiger partial charge in [0.1, 0.15) is 20.8 Å². The van der Waals surface area contributed by atoms with Crippen molar-refractivity contribution in [2.24, 2.45) is 0 Å². The summed E-state index contributed by atoms with van der Waals surface area (Å²) in [5.74, 6) is -2.52. The fourth-order valence-electron chi connectivity index (χ4n) is 4.89. The Kier molecular flexibility index (Phi) is 12.5. The normalized spacial score (nSPS) is 24.1. The molecule has 1 aliphatic heterocycles. The molecule has 1 aliphatic rings. The fourth-order valence-corrected chi connectivity index (χ4v) is 11.4. The van der Waals surface area contributed by atoms with Crippen molar-refractivity contribution in [3.63, 3.8) is 0 Å². The van der Waals surface area contributed by atoms with Crippen molar-refractivity contribution >= 4 is 43.7 Å². The van der Waals surface area contributed by atoms with Gasteiger partial charge in [-0.05, 0) is 33.6 Å². The van der Waals surface area contributed by atoms with Gasteiger partial charge in [0, 0.05) is 27.7 Å². The van der Waals surface area contributed by atoms with Gasteiger partial charge in [-0.2, -0.15) is 0 Å². The first-order valence-electron chi connectivity index (χ1n) is 12.1. The summed E-state index contributed by atoms with van der Waals surface area (Å²) in [6, 6.07) is 0. The molecule has 0 unspecified atom stereocenters. The van der Waals surface area contributed by atoms with E-state index in [9.17, 15) is 19.2 Å². The number of esters is 4. The molecule has 0 bridgehead atoms. The predicted octanol–water partition coefficient (Wildman–Crippen LogP) is 3.98. The second-order valence-electron chi connectivity index (χ2n) is 9.81. The molecule has 0 N–H and O–H groups in total. The quantitative estimate of drug-likeness (QED) is 0.183. The van der Waals surface area contributed by atoms with Crippen molar-refractivity contribution in [1.29, 1.82) is 0 Å². The summed E-state index contributed by atoms with van der Waals surface area (Å²) in [6.45, 7) is 17.8. The van der Waals surface area contributed by atoms with Crippen molar-refractivity contribution in [3.8, 4) is 10.8 Å². The van der Waals surface area contributed by atoms with Crippen LogP contribution in [0.25, 0.3) is 0 Å². The highest BCUT2D eigenvalue weighted by molar-refractivity contribution is 8.04. The minimum absolute atomic E-state index is 0.259. The summed E-state index contributed by atoms with van der Waals surface area (Å²) in [5.41, 5.74) is 3.89. The average molecular weight is 545 g/mol. The van der Waals surface area contributed by atoms with E-state index in [0.29, 0.717) is 16.6 Å². The third-order valence-corrected chi connectivity index (χ3v) is 13.6. The molecule has 0 radical (unpaired) electrons. The van der Waals surface area contributed by atoms with E-state index in [4.69, 9.17) is 23.7 Å². The lowest BCUT2D eigenvalue weighted by Crippen LogP contribution is -2.61. The van der Waals surface area contributed by atoms with E-state index in [-0.39, 0.29) is 6.61 Å². The van der Waals surface area contributed by atoms with E-state index in [2.05, 4.69) is 52.3 Å². The number of rotatable bonds is 9. The number of ether oxygens (including phenoxy) is 5. The summed E-state index contributed by atoms with van der Waals surface area (Å²) in [4.78, 5) is 47.3. The molecule has 5 atom stereocenters. The van der Waals surface area contributed by atoms with Gasteiger partial charge in [-0.1, -0.05) is 41.5 Å². The van der Waals surface area contributed by atoms with E-state index >= 15 is 0 Å². The summed E-state index contributed by atoms with van der Waals surface area (Å²) in [5, 5.41) is 3.21. The smallest absolute Gasteiger partial charge is 0.303 e. The van der Waals surface area contributed by atoms with Crippen LogP contribution in [0.1, 0.15) is 69.2 Å². The largest absolute Gasteiger partial charge is 0.463 e. The van der Waals surface area contributed by atoms with E-state index in [1.807, 2.05) is 0 Å². The zero-order chi connectivity index (χ0) is 27.8. The highest BCUT2D eigenvalue weighted by atomic mass is 32.2. The van der Waals surface area contributed by atoms with Crippen molar-refractivity contribution in [2.75, 3.05) is 6.61 Å². The van der Waals surface area contributed by atoms with Gasteiger partial charge in [-0.25, -0.2) is 0 Å². The molecule has 1 heterocycles. The Hall–Kier alpha value is -2.03. The fraction of sp³-hybridized carbons (Fsp3) is 0.760. The van der Waals surface area contributed by atoms with Crippen molar-refractivity contribution < 1.29 is 42.9 Å². The third kappa shape index (κ3) is 8.52. The van der Waals surface area contributed by atoms with Crippen LogP contribution in [0.3, 0.4) is 0 Å². The number of carbonyl (C=O) groups excluding carboxylic acids is 4. The SMILES string of the molecule is CC(=O)OC[C@H]1O[C@@H](SC#C[Si](C(C)C)(C(C)C)C(C)C)[C@H](OC(C)=O)[C@@H](OC(C)=O)[C@@H]1OC(C)=O. The molecule has 1 saturated heterocycles. The van der Waals surface area contributed by atoms with Crippen LogP contribution >= 0.6 is 11.8 Å². The first-order chi connectivity index (χ1) is 16.6. The summed E-state index contributed by atoms with van der Waals surface area (Å²) in [7, 11) is -2.06. The zero-order valence-corrected chi connectivity index (χ0v) is 24.7. The van der Waals surface area contributed by atoms with Crippen LogP contribution in [-0.4, -0.2) is 68.4 Å². The Morgan fingerprint density at radius 2 is 1.19 bits per heavy atom. The van der Waals surface area contributed by atoms with Gasteiger partial charge in [-0.3, -0.25) is 19.2 Å². The Morgan fingerprint density at radius 1 is 0.750 bits per heavy atom. The van der Waals surface area contributed by atoms with Gasteiger partial charge in [0.05, 0.1) is 0 Å². The molecule has 0 spiro atoms. The molecule has 1 fully saturated rings. The summed E-state index contributed by atoms with van der Waals surface area (Å²) in [6.07, 6.45) is -4.45. The van der Waals surface area contributed by atoms with E-state index in [0.717, 1.165) is 11.8 Å². The summed E-state index contributed by atoms with van der Waals surface area (Å²) >= 11 is 1.12. The van der Waals surface area contributed by atoms with E-state index in [1.54, 1.807) is 0 Å². The maximum Gasteiger partial charge on any atom is 0.303 e. The lowest BCUT2D eigenvalue weighted by atomic mass is 9.99. The second-order valence-corrected chi connectivity index (χ2v) is 16.3. The monoisotopic (exact) mass is 544 g/mol. The molecule has 204 valence electrons. The standard InChI is InChI=1S/C25H40O9SSi/c1-14(2)36(15(3)4,16(5)6)12-11-35-25-24(33-20(10)29)23(32-19(9)28)22(31-18(8)27)21(34-25)13-30-17(7)26/h14-16,21-25H,13H2,1-10H3/t21-,22-,23+,24-,25+/m1/s1. The Morgan fingerprint density at radius 3 is 1.61 bits per heavy atom. The predicted molar refractivity (Wildman–Crippen MR) is 138 cm³/mol. The number of thioether (sulfide) groups is 1. The lowest BCUT2D eigenvalue weighted by molar-refractivity contribution is -0.237. The highest BCUT2D eigenvalue weighted by Crippen LogP contribution is 2.41. The maximum atomic E-state index is 12.0. The molecular weight excluding hydrogens is 504 g/mol. The molecule has 9 nitrogen and oxygen atoms in total. The number of hydrogen-bond acceptors (Lipinski definition) is 10. The van der Waals surface area contributed by atoms with Crippen LogP contribution in [0.2, 0.25) is 16.6 Å². The molecule has 11 heteroatoms. The lowest BCUT2D eigenvalue weighted by Gasteiger charge is -2.43. The third-order valence-electron chi connectivity index (χ3n) is 6.26. The van der Waals surface area contributed by atoms with Crippen LogP contribution in [0.5, 0.6) is 0 Å². The van der Waals surface area contributed by atoms with Gasteiger partial charge < -0.3 is 23.7 Å². The van der Waals surface area contributed by atoms with E-state index in [1.165, 1.54) is 27.7 Å². The molecule has 0 saturated carbocycles. The zero-order valence-electron chi connectivity index (χ0n) is 22.9. The minimum atomic E-state index is -2.06. The summed E-state index contributed by atoms with van der Waals surface area (Å²) < 4.78 is 27.6. The minimum Gasteiger partial charge on any atom is -0.463 e. The van der Waals surface area contributed by atoms with Gasteiger partial charge in [0.15, 0.2) is 23.7 Å². The van der Waals surface area contributed by atoms with E-state index < -0.39 is 61.8 Å². The molecular formula is C25H40O9SSi. The Bertz CT molecular complexity index is 840.